The Balaban J connectivity index is 1.36. The van der Waals surface area contributed by atoms with Crippen LogP contribution in [0.5, 0.6) is 0 Å². The third-order valence-electron chi connectivity index (χ3n) is 6.99. The number of thiophene rings is 1. The molecule has 5 rings (SSSR count). The summed E-state index contributed by atoms with van der Waals surface area (Å²) in [7, 11) is 0. The second-order valence-electron chi connectivity index (χ2n) is 9.07. The minimum absolute atomic E-state index is 0.00432. The van der Waals surface area contributed by atoms with Gasteiger partial charge in [0.1, 0.15) is 0 Å². The number of piperidine rings is 1. The number of rotatable bonds is 6. The van der Waals surface area contributed by atoms with Crippen LogP contribution >= 0.6 is 11.3 Å². The summed E-state index contributed by atoms with van der Waals surface area (Å²) in [5.41, 5.74) is -0.455. The Labute approximate surface area is 192 Å². The second-order valence-corrected chi connectivity index (χ2v) is 10.4. The van der Waals surface area contributed by atoms with E-state index in [0.29, 0.717) is 18.8 Å². The van der Waals surface area contributed by atoms with E-state index >= 15 is 0 Å². The van der Waals surface area contributed by atoms with Gasteiger partial charge in [-0.1, -0.05) is 6.07 Å². The van der Waals surface area contributed by atoms with Crippen molar-refractivity contribution in [2.75, 3.05) is 26.2 Å². The smallest absolute Gasteiger partial charge is 0.325 e. The number of nitrogens with zero attached hydrogens (tertiary/aromatic N) is 3. The lowest BCUT2D eigenvalue weighted by molar-refractivity contribution is -0.135. The van der Waals surface area contributed by atoms with E-state index in [0.717, 1.165) is 45.3 Å². The predicted octanol–water partition coefficient (Wildman–Crippen LogP) is 3.29. The number of pyridine rings is 1. The van der Waals surface area contributed by atoms with E-state index in [1.54, 1.807) is 6.20 Å². The van der Waals surface area contributed by atoms with Crippen LogP contribution in [0.2, 0.25) is 0 Å². The van der Waals surface area contributed by atoms with Crippen molar-refractivity contribution < 1.29 is 14.3 Å². The largest absolute Gasteiger partial charge is 0.376 e. The zero-order chi connectivity index (χ0) is 22.1. The number of ether oxygens (including phenoxy) is 1. The first kappa shape index (κ1) is 21.6. The Kier molecular flexibility index (Phi) is 6.01. The number of hydrogen-bond acceptors (Lipinski definition) is 6. The van der Waals surface area contributed by atoms with Crippen LogP contribution < -0.4 is 5.32 Å². The third-order valence-corrected chi connectivity index (χ3v) is 7.97. The molecule has 0 radical (unpaired) electrons. The van der Waals surface area contributed by atoms with E-state index in [9.17, 15) is 9.59 Å². The number of aryl methyl sites for hydroxylation is 1. The molecule has 0 unspecified atom stereocenters. The first-order chi connectivity index (χ1) is 15.6. The van der Waals surface area contributed by atoms with Gasteiger partial charge in [-0.3, -0.25) is 19.6 Å². The van der Waals surface area contributed by atoms with Gasteiger partial charge in [-0.25, -0.2) is 4.79 Å². The van der Waals surface area contributed by atoms with Gasteiger partial charge in [0.2, 0.25) is 0 Å². The molecule has 0 saturated carbocycles. The van der Waals surface area contributed by atoms with Gasteiger partial charge in [0.15, 0.2) is 5.54 Å². The van der Waals surface area contributed by atoms with Crippen LogP contribution in [0.1, 0.15) is 41.1 Å². The molecule has 3 aliphatic heterocycles. The molecule has 5 heterocycles. The molecule has 2 aromatic heterocycles. The fraction of sp³-hybridized carbons (Fsp3) is 0.542. The maximum Gasteiger partial charge on any atom is 0.325 e. The summed E-state index contributed by atoms with van der Waals surface area (Å²) >= 11 is 1.84. The second kappa shape index (κ2) is 8.92. The van der Waals surface area contributed by atoms with Gasteiger partial charge >= 0.3 is 6.03 Å². The van der Waals surface area contributed by atoms with E-state index in [1.165, 1.54) is 14.7 Å². The summed E-state index contributed by atoms with van der Waals surface area (Å²) in [4.78, 5) is 37.9. The van der Waals surface area contributed by atoms with E-state index < -0.39 is 5.54 Å². The summed E-state index contributed by atoms with van der Waals surface area (Å²) < 4.78 is 5.71. The van der Waals surface area contributed by atoms with Crippen LogP contribution in [-0.2, 0) is 21.6 Å². The zero-order valence-corrected chi connectivity index (χ0v) is 19.3. The molecular formula is C24H30N4O3S. The van der Waals surface area contributed by atoms with Crippen molar-refractivity contribution in [3.63, 3.8) is 0 Å². The molecule has 0 spiro atoms. The van der Waals surface area contributed by atoms with Crippen molar-refractivity contribution in [1.29, 1.82) is 0 Å². The molecule has 2 atom stereocenters. The maximum absolute atomic E-state index is 13.8. The van der Waals surface area contributed by atoms with Crippen LogP contribution in [-0.4, -0.2) is 59.1 Å². The van der Waals surface area contributed by atoms with Crippen molar-refractivity contribution in [3.8, 4) is 0 Å². The molecule has 7 nitrogen and oxygen atoms in total. The van der Waals surface area contributed by atoms with Gasteiger partial charge in [0.25, 0.3) is 5.91 Å². The number of carbonyl (C=O) groups excluding carboxylic acids is 2. The fourth-order valence-electron chi connectivity index (χ4n) is 5.32. The van der Waals surface area contributed by atoms with E-state index in [4.69, 9.17) is 4.74 Å². The molecule has 0 aromatic carbocycles. The molecule has 32 heavy (non-hydrogen) atoms. The molecule has 170 valence electrons. The average molecular weight is 455 g/mol. The number of aromatic nitrogens is 1. The molecule has 3 saturated heterocycles. The molecule has 3 aliphatic rings. The Morgan fingerprint density at radius 1 is 1.19 bits per heavy atom. The SMILES string of the molecule is Cc1ccc(CN2CCC([C@@]3(c4ccccn4)NC(=O)N(C[C@@H]4CCCO4)C3=O)CC2)s1. The zero-order valence-electron chi connectivity index (χ0n) is 18.5. The number of urea groups is 1. The topological polar surface area (TPSA) is 74.8 Å². The number of likely N-dealkylation sites (tertiary alicyclic amines) is 1. The summed E-state index contributed by atoms with van der Waals surface area (Å²) in [6, 6.07) is 9.64. The average Bonchev–Trinajstić information content (AvgIpc) is 3.53. The van der Waals surface area contributed by atoms with Crippen LogP contribution in [0.15, 0.2) is 36.5 Å². The molecule has 8 heteroatoms. The Bertz CT molecular complexity index is 967. The first-order valence-corrected chi connectivity index (χ1v) is 12.3. The predicted molar refractivity (Wildman–Crippen MR) is 122 cm³/mol. The van der Waals surface area contributed by atoms with Crippen LogP contribution in [0.3, 0.4) is 0 Å². The number of carbonyl (C=O) groups is 2. The van der Waals surface area contributed by atoms with E-state index in [2.05, 4.69) is 34.3 Å². The summed E-state index contributed by atoms with van der Waals surface area (Å²) in [6.45, 7) is 5.87. The molecule has 2 aromatic rings. The standard InChI is InChI=1S/C24H30N4O3S/c1-17-7-8-20(32-17)16-27-12-9-18(10-13-27)24(21-6-2-3-11-25-21)22(29)28(23(30)26-24)15-19-5-4-14-31-19/h2-3,6-8,11,18-19H,4-5,9-10,12-16H2,1H3,(H,26,30)/t19-,24-/m0/s1. The number of imide groups is 1. The van der Waals surface area contributed by atoms with Crippen molar-refractivity contribution in [1.82, 2.24) is 20.1 Å². The van der Waals surface area contributed by atoms with Gasteiger partial charge in [-0.15, -0.1) is 11.3 Å². The lowest BCUT2D eigenvalue weighted by Crippen LogP contribution is -2.54. The number of amides is 3. The van der Waals surface area contributed by atoms with Gasteiger partial charge in [0, 0.05) is 29.1 Å². The highest BCUT2D eigenvalue weighted by molar-refractivity contribution is 7.11. The summed E-state index contributed by atoms with van der Waals surface area (Å²) in [6.07, 6.45) is 5.16. The van der Waals surface area contributed by atoms with Gasteiger partial charge in [-0.2, -0.15) is 0 Å². The Hall–Kier alpha value is -2.29. The van der Waals surface area contributed by atoms with Crippen molar-refractivity contribution in [2.24, 2.45) is 5.92 Å². The van der Waals surface area contributed by atoms with Gasteiger partial charge in [-0.05, 0) is 75.9 Å². The highest BCUT2D eigenvalue weighted by Gasteiger charge is 2.58. The Morgan fingerprint density at radius 3 is 2.69 bits per heavy atom. The molecule has 1 N–H and O–H groups in total. The minimum atomic E-state index is -1.09. The first-order valence-electron chi connectivity index (χ1n) is 11.5. The highest BCUT2D eigenvalue weighted by atomic mass is 32.1. The van der Waals surface area contributed by atoms with Crippen molar-refractivity contribution in [2.45, 2.75) is 50.8 Å². The molecule has 0 bridgehead atoms. The fourth-order valence-corrected chi connectivity index (χ4v) is 6.26. The Morgan fingerprint density at radius 2 is 2.03 bits per heavy atom. The number of nitrogens with one attached hydrogen (secondary N) is 1. The number of hydrogen-bond donors (Lipinski definition) is 1. The molecule has 0 aliphatic carbocycles. The molecule has 3 fully saturated rings. The monoisotopic (exact) mass is 454 g/mol. The summed E-state index contributed by atoms with van der Waals surface area (Å²) in [5, 5.41) is 3.10. The van der Waals surface area contributed by atoms with Crippen molar-refractivity contribution in [3.05, 3.63) is 52.0 Å². The maximum atomic E-state index is 13.8. The molecular weight excluding hydrogens is 424 g/mol. The highest BCUT2D eigenvalue weighted by Crippen LogP contribution is 2.41. The normalized spacial score (nSPS) is 27.3. The third kappa shape index (κ3) is 3.95. The van der Waals surface area contributed by atoms with Crippen LogP contribution in [0.25, 0.3) is 0 Å². The van der Waals surface area contributed by atoms with Crippen LogP contribution in [0, 0.1) is 12.8 Å². The molecule has 3 amide bonds. The van der Waals surface area contributed by atoms with E-state index in [-0.39, 0.29) is 24.0 Å². The van der Waals surface area contributed by atoms with Gasteiger partial charge < -0.3 is 10.1 Å². The lowest BCUT2D eigenvalue weighted by Gasteiger charge is -2.40. The van der Waals surface area contributed by atoms with Crippen LogP contribution in [0.4, 0.5) is 4.79 Å². The van der Waals surface area contributed by atoms with E-state index in [1.807, 2.05) is 29.5 Å². The quantitative estimate of drug-likeness (QED) is 0.678. The van der Waals surface area contributed by atoms with Gasteiger partial charge in [0.05, 0.1) is 18.3 Å². The lowest BCUT2D eigenvalue weighted by atomic mass is 9.75. The van der Waals surface area contributed by atoms with Crippen molar-refractivity contribution >= 4 is 23.3 Å². The summed E-state index contributed by atoms with van der Waals surface area (Å²) in [5.74, 6) is -0.173. The minimum Gasteiger partial charge on any atom is -0.376 e.